The summed E-state index contributed by atoms with van der Waals surface area (Å²) < 4.78 is 10.5. The molecule has 7 nitrogen and oxygen atoms in total. The second-order valence-electron chi connectivity index (χ2n) is 7.96. The minimum atomic E-state index is -0.551. The number of amides is 1. The fourth-order valence-electron chi connectivity index (χ4n) is 3.75. The van der Waals surface area contributed by atoms with Crippen LogP contribution in [0.2, 0.25) is 0 Å². The van der Waals surface area contributed by atoms with E-state index in [1.807, 2.05) is 13.8 Å². The van der Waals surface area contributed by atoms with Crippen LogP contribution in [0.5, 0.6) is 0 Å². The van der Waals surface area contributed by atoms with Crippen LogP contribution in [0.1, 0.15) is 60.5 Å². The zero-order chi connectivity index (χ0) is 21.7. The van der Waals surface area contributed by atoms with E-state index in [1.54, 1.807) is 18.3 Å². The van der Waals surface area contributed by atoms with Crippen molar-refractivity contribution >= 4 is 23.6 Å². The first-order valence-electron chi connectivity index (χ1n) is 10.3. The van der Waals surface area contributed by atoms with Gasteiger partial charge in [0.25, 0.3) is 5.91 Å². The number of esters is 1. The van der Waals surface area contributed by atoms with Crippen molar-refractivity contribution in [1.29, 1.82) is 0 Å². The molecule has 3 rings (SSSR count). The zero-order valence-electron chi connectivity index (χ0n) is 17.9. The average Bonchev–Trinajstić information content (AvgIpc) is 3.05. The number of ether oxygens (including phenoxy) is 1. The van der Waals surface area contributed by atoms with E-state index in [-0.39, 0.29) is 18.6 Å². The molecule has 2 aromatic rings. The van der Waals surface area contributed by atoms with Gasteiger partial charge in [0.1, 0.15) is 10.8 Å². The molecule has 30 heavy (non-hydrogen) atoms. The maximum atomic E-state index is 12.6. The van der Waals surface area contributed by atoms with E-state index in [0.29, 0.717) is 28.2 Å². The van der Waals surface area contributed by atoms with Crippen LogP contribution in [0.25, 0.3) is 0 Å². The van der Waals surface area contributed by atoms with Crippen LogP contribution < -0.4 is 5.32 Å². The highest BCUT2D eigenvalue weighted by Crippen LogP contribution is 2.30. The Labute approximate surface area is 181 Å². The number of nitrogens with zero attached hydrogens (tertiary/aromatic N) is 2. The second-order valence-corrected chi connectivity index (χ2v) is 8.93. The molecule has 162 valence electrons. The Hall–Kier alpha value is -2.35. The molecule has 0 spiro atoms. The molecular weight excluding hydrogens is 402 g/mol. The predicted octanol–water partition coefficient (Wildman–Crippen LogP) is 4.08. The summed E-state index contributed by atoms with van der Waals surface area (Å²) in [5, 5.41) is 7.52. The van der Waals surface area contributed by atoms with E-state index in [2.05, 4.69) is 29.3 Å². The lowest BCUT2D eigenvalue weighted by molar-refractivity contribution is -0.125. The lowest BCUT2D eigenvalue weighted by Crippen LogP contribution is -2.45. The first-order valence-corrected chi connectivity index (χ1v) is 11.3. The fraction of sp³-hybridized carbons (Fsp3) is 0.545. The van der Waals surface area contributed by atoms with Crippen LogP contribution >= 0.6 is 11.8 Å². The Bertz CT molecular complexity index is 879. The summed E-state index contributed by atoms with van der Waals surface area (Å²) in [6.07, 6.45) is 4.90. The first kappa shape index (κ1) is 22.3. The molecule has 2 aromatic heterocycles. The Morgan fingerprint density at radius 1 is 1.30 bits per heavy atom. The standard InChI is InChI=1S/C22H29N3O4S/c1-13-7-5-9-19(14(13)2)24-20(26)11-28-22(27)17-8-6-10-23-21(17)30-12-18-15(3)25-29-16(18)4/h6,8,10,13-14,19H,5,7,9,11-12H2,1-4H3,(H,24,26)/t13-,14+,19-/m1/s1. The van der Waals surface area contributed by atoms with E-state index < -0.39 is 5.97 Å². The lowest BCUT2D eigenvalue weighted by Gasteiger charge is -2.34. The topological polar surface area (TPSA) is 94.3 Å². The number of carbonyl (C=O) groups excluding carboxylic acids is 2. The van der Waals surface area contributed by atoms with E-state index >= 15 is 0 Å². The SMILES string of the molecule is Cc1noc(C)c1CSc1ncccc1C(=O)OCC(=O)N[C@@H]1CCC[C@@H](C)[C@@H]1C. The van der Waals surface area contributed by atoms with Crippen molar-refractivity contribution in [2.24, 2.45) is 11.8 Å². The zero-order valence-corrected chi connectivity index (χ0v) is 18.8. The second kappa shape index (κ2) is 10.1. The van der Waals surface area contributed by atoms with Gasteiger partial charge in [-0.2, -0.15) is 0 Å². The number of hydrogen-bond acceptors (Lipinski definition) is 7. The third-order valence-corrected chi connectivity index (χ3v) is 6.94. The molecule has 0 radical (unpaired) electrons. The predicted molar refractivity (Wildman–Crippen MR) is 114 cm³/mol. The number of nitrogens with one attached hydrogen (secondary N) is 1. The van der Waals surface area contributed by atoms with Crippen molar-refractivity contribution in [3.63, 3.8) is 0 Å². The van der Waals surface area contributed by atoms with Gasteiger partial charge in [-0.25, -0.2) is 9.78 Å². The van der Waals surface area contributed by atoms with Crippen molar-refractivity contribution in [1.82, 2.24) is 15.5 Å². The molecule has 0 unspecified atom stereocenters. The van der Waals surface area contributed by atoms with Gasteiger partial charge in [0.15, 0.2) is 6.61 Å². The highest BCUT2D eigenvalue weighted by Gasteiger charge is 2.28. The maximum Gasteiger partial charge on any atom is 0.341 e. The van der Waals surface area contributed by atoms with Gasteiger partial charge < -0.3 is 14.6 Å². The van der Waals surface area contributed by atoms with Gasteiger partial charge in [-0.15, -0.1) is 11.8 Å². The molecule has 1 N–H and O–H groups in total. The number of aryl methyl sites for hydroxylation is 2. The smallest absolute Gasteiger partial charge is 0.341 e. The van der Waals surface area contributed by atoms with Gasteiger partial charge in [-0.05, 0) is 44.2 Å². The maximum absolute atomic E-state index is 12.6. The molecule has 0 aliphatic heterocycles. The molecule has 0 bridgehead atoms. The summed E-state index contributed by atoms with van der Waals surface area (Å²) in [4.78, 5) is 29.2. The molecule has 2 heterocycles. The largest absolute Gasteiger partial charge is 0.452 e. The molecule has 0 aromatic carbocycles. The normalized spacial score (nSPS) is 21.3. The summed E-state index contributed by atoms with van der Waals surface area (Å²) in [6, 6.07) is 3.48. The number of thioether (sulfide) groups is 1. The van der Waals surface area contributed by atoms with Crippen LogP contribution in [0.3, 0.4) is 0 Å². The molecule has 1 amide bonds. The van der Waals surface area contributed by atoms with Gasteiger partial charge in [0.05, 0.1) is 11.3 Å². The van der Waals surface area contributed by atoms with Gasteiger partial charge in [-0.3, -0.25) is 4.79 Å². The molecule has 1 aliphatic carbocycles. The van der Waals surface area contributed by atoms with Gasteiger partial charge >= 0.3 is 5.97 Å². The fourth-order valence-corrected chi connectivity index (χ4v) is 4.89. The van der Waals surface area contributed by atoms with E-state index in [1.165, 1.54) is 18.2 Å². The Morgan fingerprint density at radius 3 is 2.83 bits per heavy atom. The molecule has 3 atom stereocenters. The highest BCUT2D eigenvalue weighted by atomic mass is 32.2. The molecule has 1 saturated carbocycles. The van der Waals surface area contributed by atoms with E-state index in [4.69, 9.17) is 9.26 Å². The number of rotatable bonds is 7. The number of aromatic nitrogens is 2. The van der Waals surface area contributed by atoms with Crippen LogP contribution in [0.15, 0.2) is 27.9 Å². The van der Waals surface area contributed by atoms with Crippen molar-refractivity contribution in [2.45, 2.75) is 63.8 Å². The molecule has 1 aliphatic rings. The van der Waals surface area contributed by atoms with Crippen molar-refractivity contribution in [3.8, 4) is 0 Å². The number of carbonyl (C=O) groups is 2. The summed E-state index contributed by atoms with van der Waals surface area (Å²) in [5.74, 6) is 1.52. The minimum absolute atomic E-state index is 0.138. The monoisotopic (exact) mass is 431 g/mol. The average molecular weight is 432 g/mol. The molecular formula is C22H29N3O4S. The lowest BCUT2D eigenvalue weighted by atomic mass is 9.78. The van der Waals surface area contributed by atoms with Gasteiger partial charge in [0.2, 0.25) is 0 Å². The van der Waals surface area contributed by atoms with Gasteiger partial charge in [0, 0.05) is 23.6 Å². The van der Waals surface area contributed by atoms with Crippen molar-refractivity contribution in [3.05, 3.63) is 40.9 Å². The minimum Gasteiger partial charge on any atom is -0.452 e. The quantitative estimate of drug-likeness (QED) is 0.521. The Morgan fingerprint density at radius 2 is 2.10 bits per heavy atom. The van der Waals surface area contributed by atoms with Crippen molar-refractivity contribution in [2.75, 3.05) is 6.61 Å². The third kappa shape index (κ3) is 5.41. The van der Waals surface area contributed by atoms with E-state index in [9.17, 15) is 9.59 Å². The summed E-state index contributed by atoms with van der Waals surface area (Å²) in [6.45, 7) is 7.83. The van der Waals surface area contributed by atoms with Gasteiger partial charge in [-0.1, -0.05) is 31.8 Å². The molecule has 8 heteroatoms. The summed E-state index contributed by atoms with van der Waals surface area (Å²) >= 11 is 1.41. The number of hydrogen-bond donors (Lipinski definition) is 1. The summed E-state index contributed by atoms with van der Waals surface area (Å²) in [7, 11) is 0. The van der Waals surface area contributed by atoms with Crippen LogP contribution in [0, 0.1) is 25.7 Å². The Kier molecular flexibility index (Phi) is 7.53. The molecule has 0 saturated heterocycles. The first-order chi connectivity index (χ1) is 14.4. The van der Waals surface area contributed by atoms with Crippen molar-refractivity contribution < 1.29 is 18.8 Å². The van der Waals surface area contributed by atoms with Crippen LogP contribution in [0.4, 0.5) is 0 Å². The highest BCUT2D eigenvalue weighted by molar-refractivity contribution is 7.98. The third-order valence-electron chi connectivity index (χ3n) is 5.91. The van der Waals surface area contributed by atoms with Crippen LogP contribution in [-0.2, 0) is 15.3 Å². The van der Waals surface area contributed by atoms with E-state index in [0.717, 1.165) is 29.9 Å². The Balaban J connectivity index is 1.56. The van der Waals surface area contributed by atoms with Crippen LogP contribution in [-0.4, -0.2) is 34.7 Å². The summed E-state index contributed by atoms with van der Waals surface area (Å²) in [5.41, 5.74) is 2.16. The molecule has 1 fully saturated rings. The number of pyridine rings is 1.